The topological polar surface area (TPSA) is 68.0 Å². The molecule has 9 heteroatoms. The summed E-state index contributed by atoms with van der Waals surface area (Å²) in [5, 5.41) is 9.53. The summed E-state index contributed by atoms with van der Waals surface area (Å²) in [6.45, 7) is 0. The number of carbonyl (C=O) groups excluding carboxylic acids is 1. The summed E-state index contributed by atoms with van der Waals surface area (Å²) in [5.74, 6) is -1.31. The number of alkyl halides is 3. The second-order valence-electron chi connectivity index (χ2n) is 4.95. The molecule has 0 aliphatic heterocycles. The van der Waals surface area contributed by atoms with Crippen molar-refractivity contribution in [2.75, 3.05) is 5.32 Å². The molecule has 3 aromatic rings. The Morgan fingerprint density at radius 3 is 2.40 bits per heavy atom. The Morgan fingerprint density at radius 1 is 1.04 bits per heavy atom. The van der Waals surface area contributed by atoms with Gasteiger partial charge in [-0.1, -0.05) is 11.2 Å². The second-order valence-corrected chi connectivity index (χ2v) is 4.95. The number of aromatic nitrogens is 2. The summed E-state index contributed by atoms with van der Waals surface area (Å²) >= 11 is 0. The molecule has 1 amide bonds. The van der Waals surface area contributed by atoms with Crippen LogP contribution in [0.15, 0.2) is 52.9 Å². The van der Waals surface area contributed by atoms with Gasteiger partial charge in [0.05, 0.1) is 5.56 Å². The lowest BCUT2D eigenvalue weighted by atomic mass is 10.1. The van der Waals surface area contributed by atoms with Gasteiger partial charge < -0.3 is 4.42 Å². The van der Waals surface area contributed by atoms with Crippen LogP contribution in [0.3, 0.4) is 0 Å². The average molecular weight is 351 g/mol. The average Bonchev–Trinajstić information content (AvgIpc) is 3.02. The second kappa shape index (κ2) is 6.34. The van der Waals surface area contributed by atoms with Gasteiger partial charge >= 0.3 is 12.2 Å². The predicted octanol–water partition coefficient (Wildman–Crippen LogP) is 4.15. The highest BCUT2D eigenvalue weighted by Crippen LogP contribution is 2.30. The highest BCUT2D eigenvalue weighted by atomic mass is 19.4. The van der Waals surface area contributed by atoms with Crippen LogP contribution in [-0.2, 0) is 6.18 Å². The number of nitrogens with one attached hydrogen (secondary N) is 1. The van der Waals surface area contributed by atoms with Crippen LogP contribution in [0, 0.1) is 5.82 Å². The smallest absolute Gasteiger partial charge is 0.403 e. The molecule has 1 N–H and O–H groups in total. The third-order valence-electron chi connectivity index (χ3n) is 3.19. The van der Waals surface area contributed by atoms with Gasteiger partial charge in [0, 0.05) is 11.1 Å². The summed E-state index contributed by atoms with van der Waals surface area (Å²) in [6.07, 6.45) is -4.45. The molecular formula is C16H9F4N3O2. The van der Waals surface area contributed by atoms with Crippen LogP contribution in [0.4, 0.5) is 23.6 Å². The first-order chi connectivity index (χ1) is 11.8. The number of hydrogen-bond acceptors (Lipinski definition) is 4. The molecule has 1 heterocycles. The largest absolute Gasteiger partial charge is 0.416 e. The van der Waals surface area contributed by atoms with E-state index in [4.69, 9.17) is 4.42 Å². The molecule has 3 rings (SSSR count). The minimum Gasteiger partial charge on any atom is -0.403 e. The van der Waals surface area contributed by atoms with Gasteiger partial charge in [-0.05, 0) is 42.5 Å². The van der Waals surface area contributed by atoms with Gasteiger partial charge in [0.2, 0.25) is 5.89 Å². The van der Waals surface area contributed by atoms with Gasteiger partial charge in [-0.25, -0.2) is 4.39 Å². The van der Waals surface area contributed by atoms with Crippen molar-refractivity contribution in [1.29, 1.82) is 0 Å². The molecule has 0 atom stereocenters. The zero-order valence-electron chi connectivity index (χ0n) is 12.3. The molecule has 25 heavy (non-hydrogen) atoms. The van der Waals surface area contributed by atoms with Gasteiger partial charge in [-0.2, -0.15) is 13.2 Å². The Morgan fingerprint density at radius 2 is 1.76 bits per heavy atom. The SMILES string of the molecule is O=C(Nc1nnc(-c2ccc(C(F)(F)F)cc2)o1)c1cccc(F)c1. The Kier molecular flexibility index (Phi) is 4.22. The Labute approximate surface area is 138 Å². The minimum atomic E-state index is -4.45. The van der Waals surface area contributed by atoms with E-state index in [0.717, 1.165) is 18.2 Å². The van der Waals surface area contributed by atoms with Crippen molar-refractivity contribution in [3.05, 3.63) is 65.5 Å². The van der Waals surface area contributed by atoms with Crippen molar-refractivity contribution in [2.45, 2.75) is 6.18 Å². The van der Waals surface area contributed by atoms with Crippen molar-refractivity contribution in [3.8, 4) is 11.5 Å². The molecule has 0 aliphatic carbocycles. The number of rotatable bonds is 3. The number of carbonyl (C=O) groups is 1. The quantitative estimate of drug-likeness (QED) is 0.720. The molecule has 0 radical (unpaired) electrons. The molecule has 0 aliphatic rings. The van der Waals surface area contributed by atoms with Crippen LogP contribution < -0.4 is 5.32 Å². The van der Waals surface area contributed by atoms with Gasteiger partial charge in [0.25, 0.3) is 5.91 Å². The summed E-state index contributed by atoms with van der Waals surface area (Å²) in [4.78, 5) is 11.9. The van der Waals surface area contributed by atoms with E-state index in [9.17, 15) is 22.4 Å². The van der Waals surface area contributed by atoms with Crippen molar-refractivity contribution >= 4 is 11.9 Å². The van der Waals surface area contributed by atoms with E-state index in [1.807, 2.05) is 0 Å². The lowest BCUT2D eigenvalue weighted by Crippen LogP contribution is -2.12. The van der Waals surface area contributed by atoms with E-state index in [1.165, 1.54) is 30.3 Å². The molecule has 5 nitrogen and oxygen atoms in total. The summed E-state index contributed by atoms with van der Waals surface area (Å²) in [5.41, 5.74) is -0.503. The number of hydrogen-bond donors (Lipinski definition) is 1. The Balaban J connectivity index is 1.75. The molecule has 0 saturated heterocycles. The van der Waals surface area contributed by atoms with Crippen LogP contribution >= 0.6 is 0 Å². The number of benzene rings is 2. The fourth-order valence-electron chi connectivity index (χ4n) is 1.99. The summed E-state index contributed by atoms with van der Waals surface area (Å²) in [6, 6.07) is 8.83. The zero-order valence-corrected chi connectivity index (χ0v) is 12.3. The van der Waals surface area contributed by atoms with E-state index >= 15 is 0 Å². The molecule has 2 aromatic carbocycles. The van der Waals surface area contributed by atoms with Crippen molar-refractivity contribution < 1.29 is 26.8 Å². The highest BCUT2D eigenvalue weighted by Gasteiger charge is 2.30. The van der Waals surface area contributed by atoms with E-state index in [1.54, 1.807) is 0 Å². The normalized spacial score (nSPS) is 11.4. The molecule has 128 valence electrons. The fourth-order valence-corrected chi connectivity index (χ4v) is 1.99. The third-order valence-corrected chi connectivity index (χ3v) is 3.19. The molecule has 0 bridgehead atoms. The van der Waals surface area contributed by atoms with Crippen LogP contribution in [-0.4, -0.2) is 16.1 Å². The molecule has 1 aromatic heterocycles. The number of amides is 1. The lowest BCUT2D eigenvalue weighted by molar-refractivity contribution is -0.137. The van der Waals surface area contributed by atoms with Gasteiger partial charge in [0.1, 0.15) is 5.82 Å². The standard InChI is InChI=1S/C16H9F4N3O2/c17-12-3-1-2-10(8-12)13(24)21-15-23-22-14(25-15)9-4-6-11(7-5-9)16(18,19)20/h1-8H,(H,21,23,24). The van der Waals surface area contributed by atoms with Gasteiger partial charge in [-0.15, -0.1) is 5.10 Å². The van der Waals surface area contributed by atoms with Crippen molar-refractivity contribution in [1.82, 2.24) is 10.2 Å². The van der Waals surface area contributed by atoms with E-state index in [0.29, 0.717) is 0 Å². The molecule has 0 unspecified atom stereocenters. The van der Waals surface area contributed by atoms with Crippen LogP contribution in [0.1, 0.15) is 15.9 Å². The first-order valence-electron chi connectivity index (χ1n) is 6.91. The number of halogens is 4. The zero-order chi connectivity index (χ0) is 18.0. The predicted molar refractivity (Wildman–Crippen MR) is 79.1 cm³/mol. The maximum absolute atomic E-state index is 13.1. The first kappa shape index (κ1) is 16.6. The first-order valence-corrected chi connectivity index (χ1v) is 6.91. The molecular weight excluding hydrogens is 342 g/mol. The van der Waals surface area contributed by atoms with E-state index < -0.39 is 23.5 Å². The number of nitrogens with zero attached hydrogens (tertiary/aromatic N) is 2. The minimum absolute atomic E-state index is 0.0503. The Bertz CT molecular complexity index is 904. The van der Waals surface area contributed by atoms with Crippen LogP contribution in [0.5, 0.6) is 0 Å². The van der Waals surface area contributed by atoms with Crippen LogP contribution in [0.25, 0.3) is 11.5 Å². The maximum Gasteiger partial charge on any atom is 0.416 e. The van der Waals surface area contributed by atoms with Gasteiger partial charge in [0.15, 0.2) is 0 Å². The van der Waals surface area contributed by atoms with Crippen molar-refractivity contribution in [2.24, 2.45) is 0 Å². The summed E-state index contributed by atoms with van der Waals surface area (Å²) in [7, 11) is 0. The highest BCUT2D eigenvalue weighted by molar-refractivity contribution is 6.03. The fraction of sp³-hybridized carbons (Fsp3) is 0.0625. The monoisotopic (exact) mass is 351 g/mol. The van der Waals surface area contributed by atoms with Crippen molar-refractivity contribution in [3.63, 3.8) is 0 Å². The summed E-state index contributed by atoms with van der Waals surface area (Å²) < 4.78 is 55.9. The molecule has 0 fully saturated rings. The maximum atomic E-state index is 13.1. The number of anilines is 1. The van der Waals surface area contributed by atoms with E-state index in [-0.39, 0.29) is 23.0 Å². The van der Waals surface area contributed by atoms with Crippen LogP contribution in [0.2, 0.25) is 0 Å². The lowest BCUT2D eigenvalue weighted by Gasteiger charge is -2.05. The van der Waals surface area contributed by atoms with E-state index in [2.05, 4.69) is 15.5 Å². The third kappa shape index (κ3) is 3.82. The Hall–Kier alpha value is -3.23. The molecule has 0 spiro atoms. The molecule has 0 saturated carbocycles. The van der Waals surface area contributed by atoms with Gasteiger partial charge in [-0.3, -0.25) is 10.1 Å².